The van der Waals surface area contributed by atoms with E-state index < -0.39 is 0 Å². The van der Waals surface area contributed by atoms with Gasteiger partial charge in [0.05, 0.1) is 6.04 Å². The molecule has 1 unspecified atom stereocenters. The number of nitrogens with one attached hydrogen (secondary N) is 1. The lowest BCUT2D eigenvalue weighted by molar-refractivity contribution is -0.128. The Kier molecular flexibility index (Phi) is 5.64. The number of hydrogen-bond donors (Lipinski definition) is 2. The minimum absolute atomic E-state index is 0.0579. The van der Waals surface area contributed by atoms with E-state index in [4.69, 9.17) is 5.11 Å². The molecule has 2 aliphatic carbocycles. The number of rotatable bonds is 7. The smallest absolute Gasteiger partial charge is 0.237 e. The van der Waals surface area contributed by atoms with Crippen LogP contribution in [-0.4, -0.2) is 47.2 Å². The summed E-state index contributed by atoms with van der Waals surface area (Å²) in [6, 6.07) is 0.893. The van der Waals surface area contributed by atoms with Gasteiger partial charge in [-0.15, -0.1) is 0 Å². The van der Waals surface area contributed by atoms with E-state index >= 15 is 0 Å². The Morgan fingerprint density at radius 2 is 1.95 bits per heavy atom. The Hall–Kier alpha value is -0.610. The molecule has 0 aromatic heterocycles. The van der Waals surface area contributed by atoms with Gasteiger partial charge in [-0.3, -0.25) is 9.69 Å². The zero-order valence-corrected chi connectivity index (χ0v) is 12.1. The molecule has 0 spiro atoms. The molecule has 2 fully saturated rings. The van der Waals surface area contributed by atoms with E-state index in [2.05, 4.69) is 10.2 Å². The number of carbonyl (C=O) groups excluding carboxylic acids is 1. The minimum atomic E-state index is -0.0579. The maximum atomic E-state index is 12.3. The van der Waals surface area contributed by atoms with Gasteiger partial charge in [-0.1, -0.05) is 19.3 Å². The highest BCUT2D eigenvalue weighted by atomic mass is 16.3. The number of hydrogen-bond acceptors (Lipinski definition) is 3. The summed E-state index contributed by atoms with van der Waals surface area (Å²) < 4.78 is 0. The SMILES string of the molecule is CC(C(=O)NC1CCCC1)N(CCCO)C1CCC1. The highest BCUT2D eigenvalue weighted by Crippen LogP contribution is 2.27. The summed E-state index contributed by atoms with van der Waals surface area (Å²) in [4.78, 5) is 14.6. The molecule has 2 rings (SSSR count). The highest BCUT2D eigenvalue weighted by molar-refractivity contribution is 5.81. The van der Waals surface area contributed by atoms with Crippen molar-refractivity contribution in [3.63, 3.8) is 0 Å². The molecule has 2 saturated carbocycles. The van der Waals surface area contributed by atoms with E-state index in [1.54, 1.807) is 0 Å². The molecular weight excluding hydrogens is 240 g/mol. The third kappa shape index (κ3) is 3.93. The second-order valence-electron chi connectivity index (χ2n) is 6.07. The molecule has 4 heteroatoms. The molecule has 110 valence electrons. The van der Waals surface area contributed by atoms with Crippen LogP contribution in [-0.2, 0) is 4.79 Å². The van der Waals surface area contributed by atoms with Crippen molar-refractivity contribution in [3.05, 3.63) is 0 Å². The monoisotopic (exact) mass is 268 g/mol. The van der Waals surface area contributed by atoms with Gasteiger partial charge >= 0.3 is 0 Å². The fourth-order valence-corrected chi connectivity index (χ4v) is 3.21. The van der Waals surface area contributed by atoms with Crippen LogP contribution in [0.4, 0.5) is 0 Å². The molecule has 2 aliphatic rings. The van der Waals surface area contributed by atoms with Crippen LogP contribution in [0.5, 0.6) is 0 Å². The van der Waals surface area contributed by atoms with Gasteiger partial charge in [-0.05, 0) is 39.0 Å². The molecule has 0 aromatic carbocycles. The van der Waals surface area contributed by atoms with Crippen LogP contribution in [0.3, 0.4) is 0 Å². The van der Waals surface area contributed by atoms with Crippen molar-refractivity contribution in [2.75, 3.05) is 13.2 Å². The Bertz CT molecular complexity index is 286. The summed E-state index contributed by atoms with van der Waals surface area (Å²) in [6.45, 7) is 3.06. The fraction of sp³-hybridized carbons (Fsp3) is 0.933. The molecule has 19 heavy (non-hydrogen) atoms. The Morgan fingerprint density at radius 3 is 2.47 bits per heavy atom. The summed E-state index contributed by atoms with van der Waals surface area (Å²) in [5.41, 5.74) is 0. The van der Waals surface area contributed by atoms with E-state index in [9.17, 15) is 4.79 Å². The molecule has 0 radical (unpaired) electrons. The normalized spacial score (nSPS) is 22.5. The Labute approximate surface area is 116 Å². The largest absolute Gasteiger partial charge is 0.396 e. The first kappa shape index (κ1) is 14.8. The Morgan fingerprint density at radius 1 is 1.26 bits per heavy atom. The van der Waals surface area contributed by atoms with Crippen molar-refractivity contribution in [1.29, 1.82) is 0 Å². The first-order valence-electron chi connectivity index (χ1n) is 7.89. The lowest BCUT2D eigenvalue weighted by Gasteiger charge is -2.41. The molecule has 0 bridgehead atoms. The number of aliphatic hydroxyl groups is 1. The maximum Gasteiger partial charge on any atom is 0.237 e. The van der Waals surface area contributed by atoms with Crippen molar-refractivity contribution >= 4 is 5.91 Å². The molecule has 4 nitrogen and oxygen atoms in total. The molecule has 0 aromatic rings. The zero-order valence-electron chi connectivity index (χ0n) is 12.1. The van der Waals surface area contributed by atoms with Crippen LogP contribution in [0.15, 0.2) is 0 Å². The van der Waals surface area contributed by atoms with Crippen LogP contribution in [0, 0.1) is 0 Å². The van der Waals surface area contributed by atoms with Crippen LogP contribution in [0.1, 0.15) is 58.3 Å². The minimum Gasteiger partial charge on any atom is -0.396 e. The van der Waals surface area contributed by atoms with Crippen molar-refractivity contribution in [1.82, 2.24) is 10.2 Å². The summed E-state index contributed by atoms with van der Waals surface area (Å²) >= 11 is 0. The van der Waals surface area contributed by atoms with E-state index in [0.29, 0.717) is 12.1 Å². The average Bonchev–Trinajstić information content (AvgIpc) is 2.83. The van der Waals surface area contributed by atoms with Gasteiger partial charge < -0.3 is 10.4 Å². The number of amides is 1. The van der Waals surface area contributed by atoms with Gasteiger partial charge in [0.2, 0.25) is 5.91 Å². The van der Waals surface area contributed by atoms with E-state index in [-0.39, 0.29) is 18.6 Å². The third-order valence-electron chi connectivity index (χ3n) is 4.70. The third-order valence-corrected chi connectivity index (χ3v) is 4.70. The predicted molar refractivity (Wildman–Crippen MR) is 75.9 cm³/mol. The zero-order chi connectivity index (χ0) is 13.7. The molecule has 0 saturated heterocycles. The molecule has 0 aliphatic heterocycles. The average molecular weight is 268 g/mol. The molecule has 2 N–H and O–H groups in total. The maximum absolute atomic E-state index is 12.3. The Balaban J connectivity index is 1.85. The number of carbonyl (C=O) groups is 1. The molecule has 1 amide bonds. The number of nitrogens with zero attached hydrogens (tertiary/aromatic N) is 1. The van der Waals surface area contributed by atoms with E-state index in [1.165, 1.54) is 32.1 Å². The lowest BCUT2D eigenvalue weighted by Crippen LogP contribution is -2.53. The first-order chi connectivity index (χ1) is 9.22. The van der Waals surface area contributed by atoms with Crippen LogP contribution >= 0.6 is 0 Å². The van der Waals surface area contributed by atoms with Crippen molar-refractivity contribution in [2.24, 2.45) is 0 Å². The molecular formula is C15H28N2O2. The van der Waals surface area contributed by atoms with Gasteiger partial charge in [-0.25, -0.2) is 0 Å². The summed E-state index contributed by atoms with van der Waals surface area (Å²) in [7, 11) is 0. The molecule has 0 heterocycles. The first-order valence-corrected chi connectivity index (χ1v) is 7.89. The second kappa shape index (κ2) is 7.25. The van der Waals surface area contributed by atoms with Gasteiger partial charge in [0.25, 0.3) is 0 Å². The van der Waals surface area contributed by atoms with Crippen LogP contribution in [0.2, 0.25) is 0 Å². The summed E-state index contributed by atoms with van der Waals surface area (Å²) in [5.74, 6) is 0.178. The standard InChI is InChI=1S/C15H28N2O2/c1-12(15(19)16-13-6-2-3-7-13)17(10-5-11-18)14-8-4-9-14/h12-14,18H,2-11H2,1H3,(H,16,19). The second-order valence-corrected chi connectivity index (χ2v) is 6.07. The van der Waals surface area contributed by atoms with Crippen molar-refractivity contribution in [2.45, 2.75) is 76.4 Å². The van der Waals surface area contributed by atoms with E-state index in [1.807, 2.05) is 6.92 Å². The fourth-order valence-electron chi connectivity index (χ4n) is 3.21. The highest BCUT2D eigenvalue weighted by Gasteiger charge is 2.32. The topological polar surface area (TPSA) is 52.6 Å². The van der Waals surface area contributed by atoms with Crippen LogP contribution < -0.4 is 5.32 Å². The van der Waals surface area contributed by atoms with Gasteiger partial charge in [0.15, 0.2) is 0 Å². The van der Waals surface area contributed by atoms with E-state index in [0.717, 1.165) is 25.8 Å². The van der Waals surface area contributed by atoms with Gasteiger partial charge in [-0.2, -0.15) is 0 Å². The lowest BCUT2D eigenvalue weighted by atomic mass is 9.90. The van der Waals surface area contributed by atoms with Crippen molar-refractivity contribution < 1.29 is 9.90 Å². The van der Waals surface area contributed by atoms with Gasteiger partial charge in [0.1, 0.15) is 0 Å². The van der Waals surface area contributed by atoms with Gasteiger partial charge in [0, 0.05) is 25.2 Å². The number of aliphatic hydroxyl groups excluding tert-OH is 1. The predicted octanol–water partition coefficient (Wildman–Crippen LogP) is 1.67. The quantitative estimate of drug-likeness (QED) is 0.738. The summed E-state index contributed by atoms with van der Waals surface area (Å²) in [6.07, 6.45) is 9.21. The summed E-state index contributed by atoms with van der Waals surface area (Å²) in [5, 5.41) is 12.2. The van der Waals surface area contributed by atoms with Crippen LogP contribution in [0.25, 0.3) is 0 Å². The van der Waals surface area contributed by atoms with Crippen molar-refractivity contribution in [3.8, 4) is 0 Å². The molecule has 1 atom stereocenters.